The number of piperidine rings is 1. The average molecular weight is 721 g/mol. The summed E-state index contributed by atoms with van der Waals surface area (Å²) < 4.78 is 43.4. The van der Waals surface area contributed by atoms with Gasteiger partial charge in [0, 0.05) is 61.1 Å². The molecule has 2 aliphatic heterocycles. The van der Waals surface area contributed by atoms with Gasteiger partial charge in [0.1, 0.15) is 16.4 Å². The molecule has 1 amide bonds. The minimum absolute atomic E-state index is 0.0306. The molecule has 50 heavy (non-hydrogen) atoms. The second kappa shape index (κ2) is 15.1. The van der Waals surface area contributed by atoms with Gasteiger partial charge in [0.2, 0.25) is 0 Å². The molecular weight excluding hydrogens is 683 g/mol. The fraction of sp³-hybridized carbons (Fsp3) is 0.306. The number of hydrogen-bond donors (Lipinski definition) is 2. The second-order valence-electron chi connectivity index (χ2n) is 12.7. The Morgan fingerprint density at radius 1 is 0.940 bits per heavy atom. The molecule has 0 radical (unpaired) electrons. The van der Waals surface area contributed by atoms with Crippen molar-refractivity contribution in [1.82, 2.24) is 14.5 Å². The number of nitro benzene ring substituents is 1. The van der Waals surface area contributed by atoms with E-state index in [1.807, 2.05) is 53.1 Å². The molecule has 0 saturated carbocycles. The van der Waals surface area contributed by atoms with E-state index in [0.717, 1.165) is 61.8 Å². The Morgan fingerprint density at radius 2 is 1.64 bits per heavy atom. The Morgan fingerprint density at radius 3 is 2.32 bits per heavy atom. The number of benzene rings is 4. The van der Waals surface area contributed by atoms with E-state index in [2.05, 4.69) is 27.2 Å². The van der Waals surface area contributed by atoms with E-state index in [1.165, 1.54) is 23.8 Å². The van der Waals surface area contributed by atoms with Crippen LogP contribution in [-0.2, 0) is 16.6 Å². The highest BCUT2D eigenvalue weighted by atomic mass is 35.5. The highest BCUT2D eigenvalue weighted by molar-refractivity contribution is 7.90. The number of likely N-dealkylation sites (tertiary alicyclic amines) is 1. The zero-order chi connectivity index (χ0) is 35.4. The number of carbonyl (C=O) groups is 1. The molecule has 11 nitrogen and oxygen atoms in total. The van der Waals surface area contributed by atoms with E-state index >= 15 is 4.39 Å². The lowest BCUT2D eigenvalue weighted by Crippen LogP contribution is -2.46. The van der Waals surface area contributed by atoms with Crippen LogP contribution in [0.1, 0.15) is 28.8 Å². The molecule has 6 rings (SSSR count). The first-order valence-electron chi connectivity index (χ1n) is 16.4. The first-order chi connectivity index (χ1) is 24.0. The molecule has 4 aromatic carbocycles. The number of amides is 1. The number of hydrogen-bond acceptors (Lipinski definition) is 9. The Labute approximate surface area is 295 Å². The molecule has 0 spiro atoms. The molecule has 0 aliphatic carbocycles. The SMILES string of the molecule is CN1CCC(Nc2ccc(C(=O)NS(=O)(=O)c3ccc(N4CCN(Cc5ccccc5-c5ccc(Cl)cc5)CC4)cc3F)cc2[N+](=O)[O-])CC1. The molecule has 2 fully saturated rings. The maximum Gasteiger partial charge on any atom is 0.293 e. The molecule has 2 aliphatic rings. The number of anilines is 2. The number of piperazine rings is 1. The highest BCUT2D eigenvalue weighted by Gasteiger charge is 2.27. The van der Waals surface area contributed by atoms with E-state index in [1.54, 1.807) is 0 Å². The summed E-state index contributed by atoms with van der Waals surface area (Å²) in [6.45, 7) is 5.06. The predicted octanol–water partition coefficient (Wildman–Crippen LogP) is 6.00. The monoisotopic (exact) mass is 720 g/mol. The van der Waals surface area contributed by atoms with Gasteiger partial charge in [-0.3, -0.25) is 19.8 Å². The minimum Gasteiger partial charge on any atom is -0.377 e. The van der Waals surface area contributed by atoms with Crippen molar-refractivity contribution in [3.05, 3.63) is 117 Å². The van der Waals surface area contributed by atoms with Gasteiger partial charge in [-0.15, -0.1) is 0 Å². The maximum atomic E-state index is 15.3. The largest absolute Gasteiger partial charge is 0.377 e. The van der Waals surface area contributed by atoms with Crippen LogP contribution in [0.15, 0.2) is 89.8 Å². The quantitative estimate of drug-likeness (QED) is 0.150. The summed E-state index contributed by atoms with van der Waals surface area (Å²) in [5.74, 6) is -2.11. The Kier molecular flexibility index (Phi) is 10.7. The van der Waals surface area contributed by atoms with Crippen molar-refractivity contribution in [3.8, 4) is 11.1 Å². The Balaban J connectivity index is 1.08. The topological polar surface area (TPSA) is 128 Å². The van der Waals surface area contributed by atoms with Gasteiger partial charge in [-0.05, 0) is 92.1 Å². The fourth-order valence-corrected chi connectivity index (χ4v) is 7.59. The summed E-state index contributed by atoms with van der Waals surface area (Å²) in [6, 6.07) is 23.5. The normalized spacial score (nSPS) is 16.3. The first kappa shape index (κ1) is 35.3. The summed E-state index contributed by atoms with van der Waals surface area (Å²) in [6.07, 6.45) is 1.60. The lowest BCUT2D eigenvalue weighted by Gasteiger charge is -2.36. The molecule has 0 unspecified atom stereocenters. The second-order valence-corrected chi connectivity index (χ2v) is 14.8. The predicted molar refractivity (Wildman–Crippen MR) is 193 cm³/mol. The van der Waals surface area contributed by atoms with Crippen molar-refractivity contribution >= 4 is 44.6 Å². The van der Waals surface area contributed by atoms with E-state index in [4.69, 9.17) is 11.6 Å². The van der Waals surface area contributed by atoms with Crippen LogP contribution in [0.2, 0.25) is 5.02 Å². The van der Waals surface area contributed by atoms with Crippen LogP contribution in [0.4, 0.5) is 21.5 Å². The van der Waals surface area contributed by atoms with Crippen molar-refractivity contribution in [2.24, 2.45) is 0 Å². The number of carbonyl (C=O) groups excluding carboxylic acids is 1. The lowest BCUT2D eigenvalue weighted by molar-refractivity contribution is -0.384. The summed E-state index contributed by atoms with van der Waals surface area (Å²) in [7, 11) is -2.62. The number of halogens is 2. The van der Waals surface area contributed by atoms with Gasteiger partial charge in [-0.25, -0.2) is 17.5 Å². The first-order valence-corrected chi connectivity index (χ1v) is 18.2. The molecule has 2 saturated heterocycles. The molecule has 0 bridgehead atoms. The van der Waals surface area contributed by atoms with Gasteiger partial charge in [0.05, 0.1) is 4.92 Å². The third-order valence-electron chi connectivity index (χ3n) is 9.27. The smallest absolute Gasteiger partial charge is 0.293 e. The van der Waals surface area contributed by atoms with Crippen LogP contribution in [-0.4, -0.2) is 81.4 Å². The molecule has 2 N–H and O–H groups in total. The molecule has 262 valence electrons. The van der Waals surface area contributed by atoms with Gasteiger partial charge in [0.15, 0.2) is 0 Å². The molecule has 0 aromatic heterocycles. The summed E-state index contributed by atoms with van der Waals surface area (Å²) in [5.41, 5.74) is 3.58. The van der Waals surface area contributed by atoms with Gasteiger partial charge in [0.25, 0.3) is 21.6 Å². The van der Waals surface area contributed by atoms with E-state index < -0.39 is 31.6 Å². The minimum atomic E-state index is -4.63. The fourth-order valence-electron chi connectivity index (χ4n) is 6.43. The molecule has 4 aromatic rings. The average Bonchev–Trinajstić information content (AvgIpc) is 3.10. The zero-order valence-electron chi connectivity index (χ0n) is 27.5. The highest BCUT2D eigenvalue weighted by Crippen LogP contribution is 2.30. The van der Waals surface area contributed by atoms with E-state index in [0.29, 0.717) is 36.9 Å². The number of rotatable bonds is 10. The number of nitrogens with zero attached hydrogens (tertiary/aromatic N) is 4. The number of nitrogens with one attached hydrogen (secondary N) is 2. The third-order valence-corrected chi connectivity index (χ3v) is 10.9. The van der Waals surface area contributed by atoms with Crippen LogP contribution in [0, 0.1) is 15.9 Å². The summed E-state index contributed by atoms with van der Waals surface area (Å²) in [5, 5.41) is 15.7. The van der Waals surface area contributed by atoms with Crippen molar-refractivity contribution in [2.45, 2.75) is 30.3 Å². The summed E-state index contributed by atoms with van der Waals surface area (Å²) in [4.78, 5) is 30.0. The van der Waals surface area contributed by atoms with Crippen molar-refractivity contribution in [1.29, 1.82) is 0 Å². The van der Waals surface area contributed by atoms with Crippen molar-refractivity contribution < 1.29 is 22.5 Å². The Bertz CT molecular complexity index is 1980. The van der Waals surface area contributed by atoms with Crippen molar-refractivity contribution in [2.75, 3.05) is 56.5 Å². The van der Waals surface area contributed by atoms with E-state index in [9.17, 15) is 23.3 Å². The van der Waals surface area contributed by atoms with Gasteiger partial charge >= 0.3 is 0 Å². The van der Waals surface area contributed by atoms with Crippen molar-refractivity contribution in [3.63, 3.8) is 0 Å². The van der Waals surface area contributed by atoms with Crippen LogP contribution in [0.5, 0.6) is 0 Å². The van der Waals surface area contributed by atoms with Crippen LogP contribution < -0.4 is 14.9 Å². The Hall–Kier alpha value is -4.56. The zero-order valence-corrected chi connectivity index (χ0v) is 29.1. The number of nitro groups is 1. The lowest BCUT2D eigenvalue weighted by atomic mass is 9.99. The van der Waals surface area contributed by atoms with Gasteiger partial charge in [-0.1, -0.05) is 48.0 Å². The van der Waals surface area contributed by atoms with Crippen LogP contribution in [0.25, 0.3) is 11.1 Å². The van der Waals surface area contributed by atoms with Gasteiger partial charge in [-0.2, -0.15) is 0 Å². The molecule has 0 atom stereocenters. The van der Waals surface area contributed by atoms with Crippen LogP contribution in [0.3, 0.4) is 0 Å². The third kappa shape index (κ3) is 8.24. The van der Waals surface area contributed by atoms with E-state index in [-0.39, 0.29) is 23.0 Å². The molecular formula is C36H38ClFN6O5S. The molecule has 2 heterocycles. The summed E-state index contributed by atoms with van der Waals surface area (Å²) >= 11 is 6.08. The standard InChI is InChI=1S/C36H38ClFN6O5S/c1-41-16-14-29(15-17-41)39-33-12-8-26(22-34(33)44(46)47)36(45)40-50(48,49)35-13-11-30(23-32(35)38)43-20-18-42(19-21-43)24-27-4-2-3-5-31(27)25-6-9-28(37)10-7-25/h2-13,22-23,29,39H,14-21,24H2,1H3,(H,40,45). The number of sulfonamides is 1. The maximum absolute atomic E-state index is 15.3. The van der Waals surface area contributed by atoms with Crippen LogP contribution >= 0.6 is 11.6 Å². The van der Waals surface area contributed by atoms with Gasteiger partial charge < -0.3 is 15.1 Å². The molecule has 14 heteroatoms.